The Balaban J connectivity index is 2.51. The van der Waals surface area contributed by atoms with Crippen LogP contribution in [0, 0.1) is 11.7 Å². The lowest BCUT2D eigenvalue weighted by Gasteiger charge is -2.25. The van der Waals surface area contributed by atoms with Crippen molar-refractivity contribution in [3.63, 3.8) is 0 Å². The van der Waals surface area contributed by atoms with Crippen molar-refractivity contribution in [3.05, 3.63) is 59.4 Å². The Bertz CT molecular complexity index is 764. The molecule has 5 nitrogen and oxygen atoms in total. The molecular formula is C20H25FN2O3. The van der Waals surface area contributed by atoms with Gasteiger partial charge < -0.3 is 20.5 Å². The second kappa shape index (κ2) is 8.67. The van der Waals surface area contributed by atoms with Gasteiger partial charge in [-0.25, -0.2) is 4.39 Å². The Hall–Kier alpha value is -2.60. The summed E-state index contributed by atoms with van der Waals surface area (Å²) in [6.07, 6.45) is 0. The van der Waals surface area contributed by atoms with E-state index in [1.165, 1.54) is 19.2 Å². The first kappa shape index (κ1) is 19.7. The minimum Gasteiger partial charge on any atom is -0.497 e. The molecule has 3 atom stereocenters. The minimum absolute atomic E-state index is 0.223. The Morgan fingerprint density at radius 3 is 2.46 bits per heavy atom. The minimum atomic E-state index is -0.607. The van der Waals surface area contributed by atoms with Crippen LogP contribution in [0.5, 0.6) is 11.5 Å². The van der Waals surface area contributed by atoms with E-state index in [-0.39, 0.29) is 11.9 Å². The predicted molar refractivity (Wildman–Crippen MR) is 98.7 cm³/mol. The van der Waals surface area contributed by atoms with Crippen LogP contribution in [-0.2, 0) is 4.79 Å². The van der Waals surface area contributed by atoms with E-state index in [4.69, 9.17) is 15.2 Å². The number of hydrogen-bond acceptors (Lipinski definition) is 4. The molecule has 2 aromatic carbocycles. The fourth-order valence-electron chi connectivity index (χ4n) is 2.61. The molecule has 0 heterocycles. The molecule has 0 fully saturated rings. The highest BCUT2D eigenvalue weighted by molar-refractivity contribution is 5.80. The number of nitrogens with two attached hydrogens (primary N) is 1. The van der Waals surface area contributed by atoms with Crippen molar-refractivity contribution in [3.8, 4) is 11.5 Å². The summed E-state index contributed by atoms with van der Waals surface area (Å²) >= 11 is 0. The molecule has 2 rings (SSSR count). The highest BCUT2D eigenvalue weighted by Crippen LogP contribution is 2.32. The molecule has 2 aromatic rings. The molecule has 3 N–H and O–H groups in total. The highest BCUT2D eigenvalue weighted by Gasteiger charge is 2.25. The van der Waals surface area contributed by atoms with Crippen LogP contribution < -0.4 is 20.5 Å². The average Bonchev–Trinajstić information content (AvgIpc) is 2.65. The molecular weight excluding hydrogens is 335 g/mol. The van der Waals surface area contributed by atoms with Crippen LogP contribution in [-0.4, -0.2) is 26.2 Å². The maximum absolute atomic E-state index is 13.9. The number of carbonyl (C=O) groups excluding carboxylic acids is 1. The molecule has 1 amide bonds. The molecule has 0 aliphatic rings. The number of nitrogens with one attached hydrogen (secondary N) is 1. The molecule has 0 aliphatic heterocycles. The topological polar surface area (TPSA) is 73.6 Å². The first-order valence-corrected chi connectivity index (χ1v) is 8.40. The van der Waals surface area contributed by atoms with Crippen LogP contribution >= 0.6 is 0 Å². The summed E-state index contributed by atoms with van der Waals surface area (Å²) in [5.74, 6) is 0.0790. The lowest BCUT2D eigenvalue weighted by molar-refractivity contribution is -0.125. The van der Waals surface area contributed by atoms with Crippen molar-refractivity contribution in [2.45, 2.75) is 25.9 Å². The molecule has 140 valence electrons. The predicted octanol–water partition coefficient (Wildman–Crippen LogP) is 3.03. The third-order valence-corrected chi connectivity index (χ3v) is 4.42. The Labute approximate surface area is 153 Å². The lowest BCUT2D eigenvalue weighted by atomic mass is 9.95. The van der Waals surface area contributed by atoms with E-state index < -0.39 is 17.8 Å². The first-order valence-electron chi connectivity index (χ1n) is 8.40. The van der Waals surface area contributed by atoms with E-state index in [9.17, 15) is 9.18 Å². The maximum Gasteiger partial charge on any atom is 0.225 e. The van der Waals surface area contributed by atoms with Gasteiger partial charge in [-0.1, -0.05) is 19.1 Å². The van der Waals surface area contributed by atoms with Gasteiger partial charge in [0, 0.05) is 17.5 Å². The van der Waals surface area contributed by atoms with Crippen LogP contribution in [0.4, 0.5) is 4.39 Å². The quantitative estimate of drug-likeness (QED) is 0.796. The van der Waals surface area contributed by atoms with Gasteiger partial charge in [0.15, 0.2) is 0 Å². The van der Waals surface area contributed by atoms with Crippen LogP contribution in [0.15, 0.2) is 42.5 Å². The average molecular weight is 360 g/mol. The maximum atomic E-state index is 13.9. The van der Waals surface area contributed by atoms with Crippen molar-refractivity contribution >= 4 is 5.91 Å². The number of amides is 1. The summed E-state index contributed by atoms with van der Waals surface area (Å²) in [5, 5.41) is 2.96. The summed E-state index contributed by atoms with van der Waals surface area (Å²) in [6.45, 7) is 3.53. The molecule has 0 saturated carbocycles. The van der Waals surface area contributed by atoms with Crippen LogP contribution in [0.25, 0.3) is 0 Å². The van der Waals surface area contributed by atoms with E-state index in [2.05, 4.69) is 5.32 Å². The number of halogens is 1. The standard InChI is InChI=1S/C20H25FN2O3/c1-12(13(2)22)20(24)23-19(14-6-5-7-16(10-14)25-3)17-11-15(21)8-9-18(17)26-4/h5-13,19H,22H2,1-4H3,(H,23,24). The number of hydrogen-bond donors (Lipinski definition) is 2. The van der Waals surface area contributed by atoms with E-state index in [1.54, 1.807) is 39.2 Å². The van der Waals surface area contributed by atoms with Crippen LogP contribution in [0.2, 0.25) is 0 Å². The second-order valence-corrected chi connectivity index (χ2v) is 6.25. The number of rotatable bonds is 7. The molecule has 0 bridgehead atoms. The third-order valence-electron chi connectivity index (χ3n) is 4.42. The molecule has 0 radical (unpaired) electrons. The number of ether oxygens (including phenoxy) is 2. The van der Waals surface area contributed by atoms with Gasteiger partial charge in [0.05, 0.1) is 20.3 Å². The van der Waals surface area contributed by atoms with Crippen molar-refractivity contribution in [2.24, 2.45) is 11.7 Å². The normalized spacial score (nSPS) is 14.2. The molecule has 0 spiro atoms. The molecule has 26 heavy (non-hydrogen) atoms. The van der Waals surface area contributed by atoms with Gasteiger partial charge in [0.2, 0.25) is 5.91 Å². The molecule has 0 aromatic heterocycles. The number of benzene rings is 2. The number of methoxy groups -OCH3 is 2. The smallest absolute Gasteiger partial charge is 0.225 e. The first-order chi connectivity index (χ1) is 12.4. The van der Waals surface area contributed by atoms with Gasteiger partial charge in [0.25, 0.3) is 0 Å². The van der Waals surface area contributed by atoms with Gasteiger partial charge >= 0.3 is 0 Å². The summed E-state index contributed by atoms with van der Waals surface area (Å²) in [7, 11) is 3.07. The highest BCUT2D eigenvalue weighted by atomic mass is 19.1. The largest absolute Gasteiger partial charge is 0.497 e. The van der Waals surface area contributed by atoms with Crippen molar-refractivity contribution in [1.29, 1.82) is 0 Å². The SMILES string of the molecule is COc1cccc(C(NC(=O)C(C)C(C)N)c2cc(F)ccc2OC)c1. The van der Waals surface area contributed by atoms with Gasteiger partial charge in [-0.2, -0.15) is 0 Å². The Kier molecular flexibility index (Phi) is 6.58. The van der Waals surface area contributed by atoms with Crippen molar-refractivity contribution in [2.75, 3.05) is 14.2 Å². The van der Waals surface area contributed by atoms with Crippen molar-refractivity contribution < 1.29 is 18.7 Å². The molecule has 0 aliphatic carbocycles. The van der Waals surface area contributed by atoms with Crippen LogP contribution in [0.3, 0.4) is 0 Å². The van der Waals surface area contributed by atoms with Gasteiger partial charge in [-0.3, -0.25) is 4.79 Å². The van der Waals surface area contributed by atoms with E-state index in [1.807, 2.05) is 12.1 Å². The van der Waals surface area contributed by atoms with E-state index in [0.29, 0.717) is 17.1 Å². The Morgan fingerprint density at radius 1 is 1.12 bits per heavy atom. The molecule has 3 unspecified atom stereocenters. The second-order valence-electron chi connectivity index (χ2n) is 6.25. The summed E-state index contributed by atoms with van der Waals surface area (Å²) in [4.78, 5) is 12.6. The summed E-state index contributed by atoms with van der Waals surface area (Å²) in [5.41, 5.74) is 7.12. The van der Waals surface area contributed by atoms with E-state index >= 15 is 0 Å². The zero-order chi connectivity index (χ0) is 19.3. The zero-order valence-corrected chi connectivity index (χ0v) is 15.5. The van der Waals surface area contributed by atoms with Gasteiger partial charge in [-0.05, 0) is 42.8 Å². The number of carbonyl (C=O) groups is 1. The van der Waals surface area contributed by atoms with Gasteiger partial charge in [0.1, 0.15) is 17.3 Å². The van der Waals surface area contributed by atoms with Crippen LogP contribution in [0.1, 0.15) is 31.0 Å². The lowest BCUT2D eigenvalue weighted by Crippen LogP contribution is -2.40. The zero-order valence-electron chi connectivity index (χ0n) is 15.5. The molecule has 0 saturated heterocycles. The fourth-order valence-corrected chi connectivity index (χ4v) is 2.61. The Morgan fingerprint density at radius 2 is 1.85 bits per heavy atom. The summed E-state index contributed by atoms with van der Waals surface area (Å²) < 4.78 is 24.6. The third kappa shape index (κ3) is 4.52. The van der Waals surface area contributed by atoms with Gasteiger partial charge in [-0.15, -0.1) is 0 Å². The fraction of sp³-hybridized carbons (Fsp3) is 0.350. The van der Waals surface area contributed by atoms with Crippen molar-refractivity contribution in [1.82, 2.24) is 5.32 Å². The summed E-state index contributed by atoms with van der Waals surface area (Å²) in [6, 6.07) is 10.6. The molecule has 6 heteroatoms. The van der Waals surface area contributed by atoms with E-state index in [0.717, 1.165) is 5.56 Å². The monoisotopic (exact) mass is 360 g/mol.